The van der Waals surface area contributed by atoms with Crippen LogP contribution in [0.4, 0.5) is 0 Å². The maximum absolute atomic E-state index is 12.5. The molecule has 1 heterocycles. The first-order chi connectivity index (χ1) is 8.74. The number of benzene rings is 1. The largest absolute Gasteiger partial charge is 0.338 e. The van der Waals surface area contributed by atoms with E-state index in [0.29, 0.717) is 12.6 Å². The zero-order valence-electron chi connectivity index (χ0n) is 10.8. The van der Waals surface area contributed by atoms with Crippen molar-refractivity contribution in [1.29, 1.82) is 0 Å². The predicted octanol–water partition coefficient (Wildman–Crippen LogP) is 1.77. The molecule has 1 saturated heterocycles. The molecule has 1 aromatic carbocycles. The van der Waals surface area contributed by atoms with Crippen LogP contribution in [0.5, 0.6) is 0 Å². The molecule has 2 N–H and O–H groups in total. The summed E-state index contributed by atoms with van der Waals surface area (Å²) >= 11 is 1.92. The second-order valence-corrected chi connectivity index (χ2v) is 5.78. The number of carbonyl (C=O) groups excluding carboxylic acids is 1. The highest BCUT2D eigenvalue weighted by Gasteiger charge is 2.25. The fourth-order valence-electron chi connectivity index (χ4n) is 2.29. The molecular formula is C14H20N2OS. The zero-order chi connectivity index (χ0) is 13.0. The Balaban J connectivity index is 2.16. The topological polar surface area (TPSA) is 46.3 Å². The highest BCUT2D eigenvalue weighted by molar-refractivity contribution is 7.99. The van der Waals surface area contributed by atoms with Crippen molar-refractivity contribution in [2.45, 2.75) is 18.9 Å². The van der Waals surface area contributed by atoms with Crippen LogP contribution in [0, 0.1) is 0 Å². The summed E-state index contributed by atoms with van der Waals surface area (Å²) < 4.78 is 0. The van der Waals surface area contributed by atoms with Gasteiger partial charge in [-0.1, -0.05) is 18.2 Å². The molecule has 0 radical (unpaired) electrons. The van der Waals surface area contributed by atoms with Gasteiger partial charge in [-0.25, -0.2) is 0 Å². The summed E-state index contributed by atoms with van der Waals surface area (Å²) in [6.07, 6.45) is 1.86. The van der Waals surface area contributed by atoms with Crippen LogP contribution in [0.3, 0.4) is 0 Å². The lowest BCUT2D eigenvalue weighted by Crippen LogP contribution is -2.37. The van der Waals surface area contributed by atoms with Crippen molar-refractivity contribution in [3.63, 3.8) is 0 Å². The van der Waals surface area contributed by atoms with E-state index in [1.807, 2.05) is 48.0 Å². The van der Waals surface area contributed by atoms with Gasteiger partial charge < -0.3 is 10.6 Å². The van der Waals surface area contributed by atoms with Crippen molar-refractivity contribution in [2.24, 2.45) is 5.73 Å². The third-order valence-corrected chi connectivity index (χ3v) is 4.58. The first-order valence-corrected chi connectivity index (χ1v) is 7.52. The number of nitrogens with two attached hydrogens (primary N) is 1. The van der Waals surface area contributed by atoms with E-state index in [-0.39, 0.29) is 5.91 Å². The maximum atomic E-state index is 12.5. The van der Waals surface area contributed by atoms with Crippen LogP contribution in [0.15, 0.2) is 24.3 Å². The highest BCUT2D eigenvalue weighted by Crippen LogP contribution is 2.23. The van der Waals surface area contributed by atoms with Crippen LogP contribution >= 0.6 is 11.8 Å². The van der Waals surface area contributed by atoms with E-state index in [4.69, 9.17) is 5.73 Å². The Labute approximate surface area is 113 Å². The predicted molar refractivity (Wildman–Crippen MR) is 77.0 cm³/mol. The van der Waals surface area contributed by atoms with E-state index < -0.39 is 0 Å². The van der Waals surface area contributed by atoms with Gasteiger partial charge in [-0.3, -0.25) is 4.79 Å². The molecule has 0 spiro atoms. The van der Waals surface area contributed by atoms with Crippen LogP contribution < -0.4 is 5.73 Å². The lowest BCUT2D eigenvalue weighted by Gasteiger charge is -2.24. The molecule has 98 valence electrons. The molecule has 3 nitrogen and oxygen atoms in total. The molecule has 0 aliphatic carbocycles. The fraction of sp³-hybridized carbons (Fsp3) is 0.500. The number of nitrogens with zero attached hydrogens (tertiary/aromatic N) is 1. The van der Waals surface area contributed by atoms with Gasteiger partial charge in [0.15, 0.2) is 0 Å². The number of hydrogen-bond acceptors (Lipinski definition) is 3. The molecule has 18 heavy (non-hydrogen) atoms. The van der Waals surface area contributed by atoms with Crippen molar-refractivity contribution in [2.75, 3.05) is 25.1 Å². The summed E-state index contributed by atoms with van der Waals surface area (Å²) in [7, 11) is 1.91. The quantitative estimate of drug-likeness (QED) is 0.901. The summed E-state index contributed by atoms with van der Waals surface area (Å²) in [5.41, 5.74) is 7.47. The average Bonchev–Trinajstić information content (AvgIpc) is 2.92. The zero-order valence-corrected chi connectivity index (χ0v) is 11.6. The number of carbonyl (C=O) groups is 1. The number of amides is 1. The lowest BCUT2D eigenvalue weighted by molar-refractivity contribution is 0.0747. The maximum Gasteiger partial charge on any atom is 0.254 e. The SMILES string of the molecule is CN(C(=O)c1ccccc1CCN)C1CCSC1. The van der Waals surface area contributed by atoms with E-state index in [1.54, 1.807) is 0 Å². The summed E-state index contributed by atoms with van der Waals surface area (Å²) in [6, 6.07) is 8.18. The smallest absolute Gasteiger partial charge is 0.254 e. The minimum absolute atomic E-state index is 0.131. The molecule has 1 aliphatic heterocycles. The minimum Gasteiger partial charge on any atom is -0.338 e. The second-order valence-electron chi connectivity index (χ2n) is 4.63. The number of hydrogen-bond donors (Lipinski definition) is 1. The summed E-state index contributed by atoms with van der Waals surface area (Å²) in [6.45, 7) is 0.577. The Kier molecular flexibility index (Phi) is 4.66. The normalized spacial score (nSPS) is 18.9. The Morgan fingerprint density at radius 2 is 2.28 bits per heavy atom. The van der Waals surface area contributed by atoms with E-state index in [9.17, 15) is 4.79 Å². The second kappa shape index (κ2) is 6.25. The van der Waals surface area contributed by atoms with Crippen molar-refractivity contribution >= 4 is 17.7 Å². The Bertz CT molecular complexity index is 416. The molecule has 4 heteroatoms. The van der Waals surface area contributed by atoms with Crippen LogP contribution in [0.1, 0.15) is 22.3 Å². The van der Waals surface area contributed by atoms with Crippen molar-refractivity contribution in [3.05, 3.63) is 35.4 Å². The molecule has 0 saturated carbocycles. The van der Waals surface area contributed by atoms with Gasteiger partial charge >= 0.3 is 0 Å². The van der Waals surface area contributed by atoms with Gasteiger partial charge in [0.05, 0.1) is 0 Å². The fourth-order valence-corrected chi connectivity index (χ4v) is 3.55. The Hall–Kier alpha value is -1.00. The summed E-state index contributed by atoms with van der Waals surface area (Å²) in [4.78, 5) is 14.4. The Morgan fingerprint density at radius 1 is 1.50 bits per heavy atom. The average molecular weight is 264 g/mol. The van der Waals surface area contributed by atoms with E-state index in [0.717, 1.165) is 35.5 Å². The van der Waals surface area contributed by atoms with E-state index in [1.165, 1.54) is 0 Å². The molecule has 1 atom stereocenters. The van der Waals surface area contributed by atoms with Crippen molar-refractivity contribution in [3.8, 4) is 0 Å². The minimum atomic E-state index is 0.131. The van der Waals surface area contributed by atoms with Gasteiger partial charge in [-0.2, -0.15) is 11.8 Å². The van der Waals surface area contributed by atoms with Crippen LogP contribution in [0.2, 0.25) is 0 Å². The molecule has 1 aromatic rings. The van der Waals surface area contributed by atoms with Gasteiger partial charge in [0.1, 0.15) is 0 Å². The molecule has 1 fully saturated rings. The molecule has 0 aromatic heterocycles. The number of thioether (sulfide) groups is 1. The van der Waals surface area contributed by atoms with Crippen LogP contribution in [-0.2, 0) is 6.42 Å². The van der Waals surface area contributed by atoms with Crippen molar-refractivity contribution in [1.82, 2.24) is 4.90 Å². The lowest BCUT2D eigenvalue weighted by atomic mass is 10.0. The molecule has 1 unspecified atom stereocenters. The van der Waals surface area contributed by atoms with Gasteiger partial charge in [0, 0.05) is 24.4 Å². The van der Waals surface area contributed by atoms with Gasteiger partial charge in [-0.05, 0) is 36.8 Å². The molecule has 1 aliphatic rings. The van der Waals surface area contributed by atoms with Crippen LogP contribution in [0.25, 0.3) is 0 Å². The first-order valence-electron chi connectivity index (χ1n) is 6.37. The molecule has 1 amide bonds. The number of rotatable bonds is 4. The van der Waals surface area contributed by atoms with Gasteiger partial charge in [0.2, 0.25) is 0 Å². The third kappa shape index (κ3) is 2.87. The molecular weight excluding hydrogens is 244 g/mol. The highest BCUT2D eigenvalue weighted by atomic mass is 32.2. The molecule has 2 rings (SSSR count). The standard InChI is InChI=1S/C14H20N2OS/c1-16(12-7-9-18-10-12)14(17)13-5-3-2-4-11(13)6-8-15/h2-5,12H,6-10,15H2,1H3. The van der Waals surface area contributed by atoms with E-state index in [2.05, 4.69) is 0 Å². The van der Waals surface area contributed by atoms with Gasteiger partial charge in [-0.15, -0.1) is 0 Å². The summed E-state index contributed by atoms with van der Waals surface area (Å²) in [5, 5.41) is 0. The van der Waals surface area contributed by atoms with E-state index >= 15 is 0 Å². The van der Waals surface area contributed by atoms with Crippen molar-refractivity contribution < 1.29 is 4.79 Å². The first kappa shape index (κ1) is 13.4. The summed E-state index contributed by atoms with van der Waals surface area (Å²) in [5.74, 6) is 2.35. The van der Waals surface area contributed by atoms with Crippen LogP contribution in [-0.4, -0.2) is 41.9 Å². The molecule has 0 bridgehead atoms. The monoisotopic (exact) mass is 264 g/mol. The van der Waals surface area contributed by atoms with Gasteiger partial charge in [0.25, 0.3) is 5.91 Å². The third-order valence-electron chi connectivity index (χ3n) is 3.44. The Morgan fingerprint density at radius 3 is 2.94 bits per heavy atom.